The van der Waals surface area contributed by atoms with Gasteiger partial charge in [-0.1, -0.05) is 11.8 Å². The van der Waals surface area contributed by atoms with E-state index in [1.54, 1.807) is 0 Å². The van der Waals surface area contributed by atoms with E-state index in [1.807, 2.05) is 0 Å². The van der Waals surface area contributed by atoms with Gasteiger partial charge in [0.25, 0.3) is 5.69 Å². The van der Waals surface area contributed by atoms with Crippen molar-refractivity contribution in [2.75, 3.05) is 12.3 Å². The number of ether oxygens (including phenoxy) is 1. The van der Waals surface area contributed by atoms with Crippen molar-refractivity contribution in [3.05, 3.63) is 40.2 Å². The Morgan fingerprint density at radius 1 is 1.29 bits per heavy atom. The maximum atomic E-state index is 11.0. The maximum absolute atomic E-state index is 11.0. The minimum Gasteiger partial charge on any atom is -0.508 e. The second-order valence-electron chi connectivity index (χ2n) is 6.80. The highest BCUT2D eigenvalue weighted by molar-refractivity contribution is 7.98. The summed E-state index contributed by atoms with van der Waals surface area (Å²) in [6.45, 7) is -0.480. The van der Waals surface area contributed by atoms with E-state index in [0.29, 0.717) is 16.1 Å². The molecular formula is C17H18N6O7S. The van der Waals surface area contributed by atoms with Gasteiger partial charge in [-0.05, 0) is 6.07 Å². The number of imidazole rings is 1. The van der Waals surface area contributed by atoms with Gasteiger partial charge in [0, 0.05) is 23.4 Å². The number of phenols is 1. The molecule has 13 nitrogen and oxygen atoms in total. The zero-order valence-corrected chi connectivity index (χ0v) is 16.6. The molecule has 1 aromatic carbocycles. The Labute approximate surface area is 178 Å². The van der Waals surface area contributed by atoms with Gasteiger partial charge in [-0.15, -0.1) is 0 Å². The quantitative estimate of drug-likeness (QED) is 0.145. The van der Waals surface area contributed by atoms with Gasteiger partial charge in [0.2, 0.25) is 5.95 Å². The van der Waals surface area contributed by atoms with Gasteiger partial charge in [-0.3, -0.25) is 14.7 Å². The third-order valence-corrected chi connectivity index (χ3v) is 5.85. The number of aromatic nitrogens is 4. The van der Waals surface area contributed by atoms with Crippen molar-refractivity contribution in [1.82, 2.24) is 19.5 Å². The monoisotopic (exact) mass is 450 g/mol. The van der Waals surface area contributed by atoms with Gasteiger partial charge in [-0.25, -0.2) is 9.97 Å². The molecule has 0 aliphatic carbocycles. The van der Waals surface area contributed by atoms with Crippen molar-refractivity contribution in [2.24, 2.45) is 0 Å². The van der Waals surface area contributed by atoms with Crippen LogP contribution >= 0.6 is 11.8 Å². The number of hydrogen-bond acceptors (Lipinski definition) is 12. The van der Waals surface area contributed by atoms with Crippen molar-refractivity contribution in [3.63, 3.8) is 0 Å². The van der Waals surface area contributed by atoms with Gasteiger partial charge in [0.05, 0.1) is 17.9 Å². The van der Waals surface area contributed by atoms with E-state index in [0.717, 1.165) is 11.8 Å². The fourth-order valence-corrected chi connectivity index (χ4v) is 4.21. The lowest BCUT2D eigenvalue weighted by Crippen LogP contribution is -2.33. The predicted octanol–water partition coefficient (Wildman–Crippen LogP) is -0.0739. The van der Waals surface area contributed by atoms with Gasteiger partial charge < -0.3 is 30.9 Å². The molecule has 1 saturated heterocycles. The summed E-state index contributed by atoms with van der Waals surface area (Å²) in [6.07, 6.45) is -3.30. The lowest BCUT2D eigenvalue weighted by atomic mass is 10.1. The van der Waals surface area contributed by atoms with E-state index >= 15 is 0 Å². The van der Waals surface area contributed by atoms with Gasteiger partial charge in [0.1, 0.15) is 34.6 Å². The van der Waals surface area contributed by atoms with E-state index in [9.17, 15) is 30.5 Å². The van der Waals surface area contributed by atoms with E-state index < -0.39 is 36.1 Å². The van der Waals surface area contributed by atoms with Crippen molar-refractivity contribution >= 4 is 34.6 Å². The van der Waals surface area contributed by atoms with Crippen molar-refractivity contribution in [1.29, 1.82) is 0 Å². The number of rotatable bonds is 6. The summed E-state index contributed by atoms with van der Waals surface area (Å²) in [6, 6.07) is 3.71. The number of anilines is 1. The Morgan fingerprint density at radius 2 is 2.06 bits per heavy atom. The fourth-order valence-electron chi connectivity index (χ4n) is 3.25. The number of nitro groups is 1. The van der Waals surface area contributed by atoms with Crippen molar-refractivity contribution in [3.8, 4) is 5.75 Å². The Bertz CT molecular complexity index is 1140. The summed E-state index contributed by atoms with van der Waals surface area (Å²) in [5.41, 5.74) is 6.54. The summed E-state index contributed by atoms with van der Waals surface area (Å²) < 4.78 is 6.90. The highest BCUT2D eigenvalue weighted by atomic mass is 32.2. The van der Waals surface area contributed by atoms with Crippen LogP contribution in [0.4, 0.5) is 11.6 Å². The number of benzene rings is 1. The third-order valence-electron chi connectivity index (χ3n) is 4.84. The second-order valence-corrected chi connectivity index (χ2v) is 7.76. The Kier molecular flexibility index (Phi) is 5.63. The molecule has 4 atom stereocenters. The lowest BCUT2D eigenvalue weighted by molar-refractivity contribution is -0.384. The second kappa shape index (κ2) is 8.24. The number of aliphatic hydroxyl groups excluding tert-OH is 3. The van der Waals surface area contributed by atoms with Crippen LogP contribution in [0.1, 0.15) is 11.8 Å². The molecule has 1 aliphatic heterocycles. The average Bonchev–Trinajstić information content (AvgIpc) is 3.28. The standard InChI is InChI=1S/C17H18N6O7S/c18-17-20-14-11(19-6-22(14)16-13(27)12(26)10(4-24)30-16)15(21-17)31-5-7-3-8(23(28)29)1-2-9(7)25/h1-3,6,10,12-13,16,24-27H,4-5H2,(H2,18,20,21)/t10-,12-,13-,16-/m0/s1. The summed E-state index contributed by atoms with van der Waals surface area (Å²) in [7, 11) is 0. The highest BCUT2D eigenvalue weighted by Crippen LogP contribution is 2.35. The Hall–Kier alpha value is -3.04. The number of hydrogen-bond donors (Lipinski definition) is 5. The van der Waals surface area contributed by atoms with Crippen LogP contribution in [0, 0.1) is 10.1 Å². The van der Waals surface area contributed by atoms with E-state index in [-0.39, 0.29) is 28.8 Å². The number of nitrogen functional groups attached to an aromatic ring is 1. The normalized spacial score (nSPS) is 23.5. The molecule has 14 heteroatoms. The molecule has 0 saturated carbocycles. The fraction of sp³-hybridized carbons (Fsp3) is 0.353. The van der Waals surface area contributed by atoms with Crippen LogP contribution in [0.25, 0.3) is 11.2 Å². The molecule has 0 spiro atoms. The van der Waals surface area contributed by atoms with Crippen LogP contribution in [-0.2, 0) is 10.5 Å². The van der Waals surface area contributed by atoms with Gasteiger partial charge in [0.15, 0.2) is 11.9 Å². The van der Waals surface area contributed by atoms with Crippen LogP contribution < -0.4 is 5.73 Å². The van der Waals surface area contributed by atoms with Crippen LogP contribution in [0.3, 0.4) is 0 Å². The molecule has 0 unspecified atom stereocenters. The van der Waals surface area contributed by atoms with E-state index in [2.05, 4.69) is 15.0 Å². The molecule has 6 N–H and O–H groups in total. The molecule has 1 aliphatic rings. The van der Waals surface area contributed by atoms with Crippen LogP contribution in [0.5, 0.6) is 5.75 Å². The number of thioether (sulfide) groups is 1. The Balaban J connectivity index is 1.65. The number of non-ortho nitro benzene ring substituents is 1. The summed E-state index contributed by atoms with van der Waals surface area (Å²) in [5.74, 6) is -0.0556. The van der Waals surface area contributed by atoms with Gasteiger partial charge in [-0.2, -0.15) is 4.98 Å². The molecule has 3 aromatic rings. The Morgan fingerprint density at radius 3 is 2.74 bits per heavy atom. The van der Waals surface area contributed by atoms with Crippen molar-refractivity contribution < 1.29 is 30.1 Å². The summed E-state index contributed by atoms with van der Waals surface area (Å²) in [5, 5.41) is 50.9. The number of nitrogens with two attached hydrogens (primary N) is 1. The minimum atomic E-state index is -1.33. The van der Waals surface area contributed by atoms with Crippen LogP contribution in [0.15, 0.2) is 29.6 Å². The lowest BCUT2D eigenvalue weighted by Gasteiger charge is -2.16. The number of aromatic hydroxyl groups is 1. The molecule has 0 radical (unpaired) electrons. The average molecular weight is 450 g/mol. The summed E-state index contributed by atoms with van der Waals surface area (Å²) in [4.78, 5) is 23.0. The number of fused-ring (bicyclic) bond motifs is 1. The maximum Gasteiger partial charge on any atom is 0.270 e. The number of nitrogens with zero attached hydrogens (tertiary/aromatic N) is 5. The van der Waals surface area contributed by atoms with Gasteiger partial charge >= 0.3 is 0 Å². The predicted molar refractivity (Wildman–Crippen MR) is 107 cm³/mol. The smallest absolute Gasteiger partial charge is 0.270 e. The number of aliphatic hydroxyl groups is 3. The largest absolute Gasteiger partial charge is 0.508 e. The zero-order valence-electron chi connectivity index (χ0n) is 15.8. The molecule has 1 fully saturated rings. The topological polar surface area (TPSA) is 203 Å². The minimum absolute atomic E-state index is 0.0910. The molecule has 2 aromatic heterocycles. The van der Waals surface area contributed by atoms with E-state index in [4.69, 9.17) is 10.5 Å². The van der Waals surface area contributed by atoms with E-state index in [1.165, 1.54) is 29.1 Å². The molecule has 3 heterocycles. The molecule has 0 amide bonds. The highest BCUT2D eigenvalue weighted by Gasteiger charge is 2.44. The summed E-state index contributed by atoms with van der Waals surface area (Å²) >= 11 is 1.13. The first kappa shape index (κ1) is 21.2. The first-order valence-corrected chi connectivity index (χ1v) is 10.00. The first-order chi connectivity index (χ1) is 14.8. The molecular weight excluding hydrogens is 432 g/mol. The van der Waals surface area contributed by atoms with Crippen molar-refractivity contribution in [2.45, 2.75) is 35.3 Å². The molecule has 164 valence electrons. The number of phenolic OH excluding ortho intramolecular Hbond substituents is 1. The molecule has 31 heavy (non-hydrogen) atoms. The molecule has 0 bridgehead atoms. The SMILES string of the molecule is Nc1nc(SCc2cc([N+](=O)[O-])ccc2O)c2ncn([C@H]3O[C@@H](CO)[C@H](O)[C@@H]3O)c2n1. The van der Waals surface area contributed by atoms with Crippen LogP contribution in [-0.4, -0.2) is 69.8 Å². The first-order valence-electron chi connectivity index (χ1n) is 9.01. The van der Waals surface area contributed by atoms with Crippen LogP contribution in [0.2, 0.25) is 0 Å². The zero-order chi connectivity index (χ0) is 22.3. The third kappa shape index (κ3) is 3.86. The number of nitro benzene ring substituents is 1. The molecule has 4 rings (SSSR count).